The number of pyridine rings is 1. The highest BCUT2D eigenvalue weighted by Crippen LogP contribution is 2.27. The molecule has 0 unspecified atom stereocenters. The molecule has 4 rings (SSSR count). The van der Waals surface area contributed by atoms with Crippen LogP contribution in [0, 0.1) is 6.92 Å². The van der Waals surface area contributed by atoms with Crippen molar-refractivity contribution < 1.29 is 9.84 Å². The molecule has 0 aliphatic carbocycles. The smallest absolute Gasteiger partial charge is 0.162 e. The van der Waals surface area contributed by atoms with Crippen molar-refractivity contribution in [1.82, 2.24) is 15.0 Å². The van der Waals surface area contributed by atoms with Gasteiger partial charge in [-0.05, 0) is 24.6 Å². The number of anilines is 1. The number of fused-ring (bicyclic) bond motifs is 1. The number of benzene rings is 1. The Hall–Kier alpha value is -2.57. The zero-order chi connectivity index (χ0) is 17.2. The fourth-order valence-corrected chi connectivity index (χ4v) is 3.04. The number of ether oxygens (including phenoxy) is 1. The molecule has 25 heavy (non-hydrogen) atoms. The third-order valence-electron chi connectivity index (χ3n) is 4.34. The molecule has 3 aromatic rings. The van der Waals surface area contributed by atoms with Crippen LogP contribution in [0.25, 0.3) is 22.4 Å². The van der Waals surface area contributed by atoms with Gasteiger partial charge in [0.1, 0.15) is 5.52 Å². The van der Waals surface area contributed by atoms with Gasteiger partial charge in [0, 0.05) is 24.8 Å². The van der Waals surface area contributed by atoms with Crippen LogP contribution < -0.4 is 4.90 Å². The summed E-state index contributed by atoms with van der Waals surface area (Å²) in [5.41, 5.74) is 4.39. The maximum absolute atomic E-state index is 9.43. The first-order chi connectivity index (χ1) is 12.2. The van der Waals surface area contributed by atoms with E-state index >= 15 is 0 Å². The largest absolute Gasteiger partial charge is 0.392 e. The number of rotatable bonds is 3. The fourth-order valence-electron chi connectivity index (χ4n) is 3.04. The van der Waals surface area contributed by atoms with Gasteiger partial charge >= 0.3 is 0 Å². The van der Waals surface area contributed by atoms with Gasteiger partial charge in [-0.25, -0.2) is 9.97 Å². The SMILES string of the molecule is Cc1cccc(-c2nc(N3CCOCC3)c3ncc(CO)cc3n2)c1. The Labute approximate surface area is 146 Å². The van der Waals surface area contributed by atoms with E-state index in [0.29, 0.717) is 19.0 Å². The topological polar surface area (TPSA) is 71.4 Å². The standard InChI is InChI=1S/C19H20N4O2/c1-13-3-2-4-15(9-13)18-21-16-10-14(12-24)11-20-17(16)19(22-18)23-5-7-25-8-6-23/h2-4,9-11,24H,5-8,12H2,1H3. The molecule has 128 valence electrons. The van der Waals surface area contributed by atoms with Crippen molar-refractivity contribution in [3.8, 4) is 11.4 Å². The summed E-state index contributed by atoms with van der Waals surface area (Å²) in [6.07, 6.45) is 1.68. The number of nitrogens with zero attached hydrogens (tertiary/aromatic N) is 4. The lowest BCUT2D eigenvalue weighted by atomic mass is 10.1. The maximum Gasteiger partial charge on any atom is 0.162 e. The Morgan fingerprint density at radius 2 is 2.00 bits per heavy atom. The molecule has 1 aliphatic rings. The van der Waals surface area contributed by atoms with Crippen molar-refractivity contribution in [3.05, 3.63) is 47.7 Å². The highest BCUT2D eigenvalue weighted by atomic mass is 16.5. The fraction of sp³-hybridized carbons (Fsp3) is 0.316. The lowest BCUT2D eigenvalue weighted by Gasteiger charge is -2.28. The van der Waals surface area contributed by atoms with E-state index in [0.717, 1.165) is 46.6 Å². The molecule has 1 aliphatic heterocycles. The Bertz CT molecular complexity index is 907. The summed E-state index contributed by atoms with van der Waals surface area (Å²) in [6, 6.07) is 10.0. The molecule has 0 radical (unpaired) electrons. The van der Waals surface area contributed by atoms with Gasteiger partial charge in [0.2, 0.25) is 0 Å². The van der Waals surface area contributed by atoms with E-state index in [1.54, 1.807) is 6.20 Å². The van der Waals surface area contributed by atoms with Gasteiger partial charge in [0.15, 0.2) is 11.6 Å². The first-order valence-electron chi connectivity index (χ1n) is 8.42. The molecular formula is C19H20N4O2. The molecule has 1 saturated heterocycles. The quantitative estimate of drug-likeness (QED) is 0.791. The molecule has 0 atom stereocenters. The molecule has 0 bridgehead atoms. The monoisotopic (exact) mass is 336 g/mol. The molecule has 1 aromatic carbocycles. The summed E-state index contributed by atoms with van der Waals surface area (Å²) < 4.78 is 5.46. The van der Waals surface area contributed by atoms with E-state index in [2.05, 4.69) is 28.9 Å². The van der Waals surface area contributed by atoms with Crippen molar-refractivity contribution >= 4 is 16.9 Å². The number of hydrogen-bond donors (Lipinski definition) is 1. The highest BCUT2D eigenvalue weighted by Gasteiger charge is 2.19. The van der Waals surface area contributed by atoms with Crippen LogP contribution in [0.2, 0.25) is 0 Å². The summed E-state index contributed by atoms with van der Waals surface area (Å²) >= 11 is 0. The third-order valence-corrected chi connectivity index (χ3v) is 4.34. The van der Waals surface area contributed by atoms with Crippen molar-refractivity contribution in [2.45, 2.75) is 13.5 Å². The van der Waals surface area contributed by atoms with Crippen LogP contribution in [0.4, 0.5) is 5.82 Å². The van der Waals surface area contributed by atoms with E-state index < -0.39 is 0 Å². The molecule has 1 fully saturated rings. The molecule has 6 heteroatoms. The van der Waals surface area contributed by atoms with Crippen LogP contribution in [-0.4, -0.2) is 46.4 Å². The minimum absolute atomic E-state index is 0.0559. The van der Waals surface area contributed by atoms with Gasteiger partial charge in [0.25, 0.3) is 0 Å². The second-order valence-corrected chi connectivity index (χ2v) is 6.21. The highest BCUT2D eigenvalue weighted by molar-refractivity contribution is 5.87. The Balaban J connectivity index is 1.91. The minimum atomic E-state index is -0.0559. The van der Waals surface area contributed by atoms with E-state index in [9.17, 15) is 5.11 Å². The first-order valence-corrected chi connectivity index (χ1v) is 8.42. The van der Waals surface area contributed by atoms with Crippen molar-refractivity contribution in [3.63, 3.8) is 0 Å². The summed E-state index contributed by atoms with van der Waals surface area (Å²) in [5.74, 6) is 1.50. The summed E-state index contributed by atoms with van der Waals surface area (Å²) in [6.45, 7) is 4.92. The Morgan fingerprint density at radius 1 is 1.16 bits per heavy atom. The predicted molar refractivity (Wildman–Crippen MR) is 96.5 cm³/mol. The van der Waals surface area contributed by atoms with Gasteiger partial charge in [-0.1, -0.05) is 23.8 Å². The average molecular weight is 336 g/mol. The number of aromatic nitrogens is 3. The first kappa shape index (κ1) is 15.9. The van der Waals surface area contributed by atoms with Crippen LogP contribution >= 0.6 is 0 Å². The summed E-state index contributed by atoms with van der Waals surface area (Å²) in [7, 11) is 0. The van der Waals surface area contributed by atoms with Crippen LogP contribution in [0.15, 0.2) is 36.5 Å². The lowest BCUT2D eigenvalue weighted by Crippen LogP contribution is -2.37. The summed E-state index contributed by atoms with van der Waals surface area (Å²) in [4.78, 5) is 16.2. The van der Waals surface area contributed by atoms with Crippen molar-refractivity contribution in [1.29, 1.82) is 0 Å². The van der Waals surface area contributed by atoms with E-state index in [-0.39, 0.29) is 6.61 Å². The van der Waals surface area contributed by atoms with Gasteiger partial charge in [-0.3, -0.25) is 4.98 Å². The van der Waals surface area contributed by atoms with Crippen LogP contribution in [0.5, 0.6) is 0 Å². The third kappa shape index (κ3) is 3.18. The Kier molecular flexibility index (Phi) is 4.29. The lowest BCUT2D eigenvalue weighted by molar-refractivity contribution is 0.122. The number of aliphatic hydroxyl groups is 1. The molecule has 3 heterocycles. The van der Waals surface area contributed by atoms with Crippen molar-refractivity contribution in [2.24, 2.45) is 0 Å². The van der Waals surface area contributed by atoms with Gasteiger partial charge in [0.05, 0.1) is 25.3 Å². The van der Waals surface area contributed by atoms with Gasteiger partial charge in [-0.15, -0.1) is 0 Å². The van der Waals surface area contributed by atoms with Crippen LogP contribution in [0.1, 0.15) is 11.1 Å². The van der Waals surface area contributed by atoms with Crippen LogP contribution in [0.3, 0.4) is 0 Å². The number of aliphatic hydroxyl groups excluding tert-OH is 1. The maximum atomic E-state index is 9.43. The average Bonchev–Trinajstić information content (AvgIpc) is 2.67. The van der Waals surface area contributed by atoms with Crippen molar-refractivity contribution in [2.75, 3.05) is 31.2 Å². The minimum Gasteiger partial charge on any atom is -0.392 e. The molecular weight excluding hydrogens is 316 g/mol. The second-order valence-electron chi connectivity index (χ2n) is 6.21. The molecule has 0 amide bonds. The molecule has 0 saturated carbocycles. The Morgan fingerprint density at radius 3 is 2.76 bits per heavy atom. The van der Waals surface area contributed by atoms with E-state index in [4.69, 9.17) is 14.7 Å². The number of aryl methyl sites for hydroxylation is 1. The second kappa shape index (κ2) is 6.74. The molecule has 2 aromatic heterocycles. The van der Waals surface area contributed by atoms with E-state index in [1.807, 2.05) is 18.2 Å². The number of hydrogen-bond acceptors (Lipinski definition) is 6. The molecule has 6 nitrogen and oxygen atoms in total. The zero-order valence-corrected chi connectivity index (χ0v) is 14.1. The van der Waals surface area contributed by atoms with Crippen LogP contribution in [-0.2, 0) is 11.3 Å². The molecule has 1 N–H and O–H groups in total. The van der Waals surface area contributed by atoms with E-state index in [1.165, 1.54) is 0 Å². The summed E-state index contributed by atoms with van der Waals surface area (Å²) in [5, 5.41) is 9.43. The zero-order valence-electron chi connectivity index (χ0n) is 14.1. The number of morpholine rings is 1. The molecule has 0 spiro atoms. The predicted octanol–water partition coefficient (Wildman–Crippen LogP) is 2.33. The van der Waals surface area contributed by atoms with Gasteiger partial charge < -0.3 is 14.7 Å². The van der Waals surface area contributed by atoms with Gasteiger partial charge in [-0.2, -0.15) is 0 Å². The normalized spacial score (nSPS) is 14.9.